The number of hydrogen-bond donors (Lipinski definition) is 1. The predicted molar refractivity (Wildman–Crippen MR) is 79.8 cm³/mol. The number of nitrogens with zero attached hydrogens (tertiary/aromatic N) is 1. The van der Waals surface area contributed by atoms with E-state index >= 15 is 0 Å². The molecular weight excluding hydrogens is 292 g/mol. The molecule has 0 bridgehead atoms. The Balaban J connectivity index is 1.94. The molecule has 2 aliphatic rings. The predicted octanol–water partition coefficient (Wildman–Crippen LogP) is 1.28. The maximum absolute atomic E-state index is 12.4. The van der Waals surface area contributed by atoms with Gasteiger partial charge in [-0.25, -0.2) is 0 Å². The van der Waals surface area contributed by atoms with Crippen molar-refractivity contribution in [2.24, 2.45) is 11.8 Å². The van der Waals surface area contributed by atoms with Crippen LogP contribution in [0.15, 0.2) is 0 Å². The fourth-order valence-corrected chi connectivity index (χ4v) is 4.74. The van der Waals surface area contributed by atoms with Crippen LogP contribution in [-0.4, -0.2) is 44.4 Å². The molecule has 21 heavy (non-hydrogen) atoms. The molecule has 1 aliphatic carbocycles. The summed E-state index contributed by atoms with van der Waals surface area (Å²) in [7, 11) is -3.50. The second-order valence-electron chi connectivity index (χ2n) is 6.19. The van der Waals surface area contributed by atoms with Crippen LogP contribution in [0.2, 0.25) is 0 Å². The highest BCUT2D eigenvalue weighted by Crippen LogP contribution is 2.26. The number of ether oxygens (including phenoxy) is 1. The third-order valence-electron chi connectivity index (χ3n) is 4.35. The van der Waals surface area contributed by atoms with E-state index in [2.05, 4.69) is 11.6 Å². The molecule has 1 saturated carbocycles. The van der Waals surface area contributed by atoms with Crippen LogP contribution in [-0.2, 0) is 19.7 Å². The Kier molecular flexibility index (Phi) is 5.62. The zero-order valence-corrected chi connectivity index (χ0v) is 13.7. The van der Waals surface area contributed by atoms with Crippen molar-refractivity contribution in [2.75, 3.05) is 19.7 Å². The molecule has 1 heterocycles. The van der Waals surface area contributed by atoms with Crippen LogP contribution in [0.25, 0.3) is 0 Å². The van der Waals surface area contributed by atoms with Crippen molar-refractivity contribution in [1.29, 1.82) is 0 Å². The summed E-state index contributed by atoms with van der Waals surface area (Å²) in [5, 5.41) is 0. The molecule has 0 radical (unpaired) electrons. The fraction of sp³-hybridized carbons (Fsp3) is 0.929. The van der Waals surface area contributed by atoms with Crippen LogP contribution in [0.4, 0.5) is 0 Å². The molecule has 0 aromatic carbocycles. The number of hydrogen-bond acceptors (Lipinski definition) is 4. The Hall–Kier alpha value is -0.660. The molecule has 0 spiro atoms. The average molecular weight is 318 g/mol. The summed E-state index contributed by atoms with van der Waals surface area (Å²) < 4.78 is 34.1. The van der Waals surface area contributed by atoms with Gasteiger partial charge >= 0.3 is 5.97 Å². The summed E-state index contributed by atoms with van der Waals surface area (Å²) in [5.74, 6) is -0.0454. The number of piperidine rings is 1. The maximum atomic E-state index is 12.4. The van der Waals surface area contributed by atoms with Crippen molar-refractivity contribution in [3.8, 4) is 0 Å². The molecule has 1 aliphatic heterocycles. The van der Waals surface area contributed by atoms with Gasteiger partial charge in [-0.15, -0.1) is 0 Å². The first-order chi connectivity index (χ1) is 9.92. The minimum Gasteiger partial charge on any atom is -0.466 e. The third kappa shape index (κ3) is 4.40. The Morgan fingerprint density at radius 1 is 1.33 bits per heavy atom. The SMILES string of the molecule is CCOC(=O)C1CCCN(S(=O)(=O)NC2CCC(C)C2)C1. The van der Waals surface area contributed by atoms with Crippen LogP contribution in [0, 0.1) is 11.8 Å². The van der Waals surface area contributed by atoms with Crippen LogP contribution in [0.1, 0.15) is 46.0 Å². The van der Waals surface area contributed by atoms with Gasteiger partial charge in [0, 0.05) is 19.1 Å². The van der Waals surface area contributed by atoms with E-state index in [4.69, 9.17) is 4.74 Å². The molecule has 0 aromatic heterocycles. The van der Waals surface area contributed by atoms with Crippen molar-refractivity contribution >= 4 is 16.2 Å². The number of nitrogens with one attached hydrogen (secondary N) is 1. The Morgan fingerprint density at radius 3 is 2.71 bits per heavy atom. The normalized spacial score (nSPS) is 31.2. The van der Waals surface area contributed by atoms with Gasteiger partial charge in [0.05, 0.1) is 12.5 Å². The minimum atomic E-state index is -3.50. The summed E-state index contributed by atoms with van der Waals surface area (Å²) >= 11 is 0. The van der Waals surface area contributed by atoms with Crippen molar-refractivity contribution < 1.29 is 17.9 Å². The summed E-state index contributed by atoms with van der Waals surface area (Å²) in [6.45, 7) is 4.95. The fourth-order valence-electron chi connectivity index (χ4n) is 3.21. The number of carbonyl (C=O) groups is 1. The van der Waals surface area contributed by atoms with Gasteiger partial charge < -0.3 is 4.74 Å². The Labute approximate surface area is 127 Å². The van der Waals surface area contributed by atoms with E-state index in [0.717, 1.165) is 19.3 Å². The largest absolute Gasteiger partial charge is 0.466 e. The summed E-state index contributed by atoms with van der Waals surface area (Å²) in [6, 6.07) is 0.0352. The van der Waals surface area contributed by atoms with Crippen molar-refractivity contribution in [3.63, 3.8) is 0 Å². The third-order valence-corrected chi connectivity index (χ3v) is 6.00. The molecule has 2 fully saturated rings. The van der Waals surface area contributed by atoms with E-state index in [0.29, 0.717) is 31.9 Å². The lowest BCUT2D eigenvalue weighted by molar-refractivity contribution is -0.149. The highest BCUT2D eigenvalue weighted by Gasteiger charge is 2.35. The lowest BCUT2D eigenvalue weighted by Crippen LogP contribution is -2.49. The van der Waals surface area contributed by atoms with E-state index in [9.17, 15) is 13.2 Å². The van der Waals surface area contributed by atoms with Crippen molar-refractivity contribution in [3.05, 3.63) is 0 Å². The van der Waals surface area contributed by atoms with Crippen molar-refractivity contribution in [2.45, 2.75) is 52.0 Å². The summed E-state index contributed by atoms with van der Waals surface area (Å²) in [4.78, 5) is 11.8. The second-order valence-corrected chi connectivity index (χ2v) is 7.89. The van der Waals surface area contributed by atoms with Gasteiger partial charge in [-0.3, -0.25) is 4.79 Å². The number of esters is 1. The number of carbonyl (C=O) groups excluding carboxylic acids is 1. The molecule has 2 rings (SSSR count). The van der Waals surface area contributed by atoms with Gasteiger partial charge in [0.2, 0.25) is 0 Å². The first-order valence-corrected chi connectivity index (χ1v) is 9.30. The van der Waals surface area contributed by atoms with Gasteiger partial charge in [-0.1, -0.05) is 6.92 Å². The molecule has 122 valence electrons. The molecule has 1 saturated heterocycles. The van der Waals surface area contributed by atoms with Gasteiger partial charge in [-0.2, -0.15) is 17.4 Å². The Morgan fingerprint density at radius 2 is 2.10 bits per heavy atom. The lowest BCUT2D eigenvalue weighted by Gasteiger charge is -2.31. The zero-order chi connectivity index (χ0) is 15.5. The summed E-state index contributed by atoms with van der Waals surface area (Å²) in [6.07, 6.45) is 4.26. The lowest BCUT2D eigenvalue weighted by atomic mass is 10.0. The maximum Gasteiger partial charge on any atom is 0.310 e. The van der Waals surface area contributed by atoms with E-state index in [1.807, 2.05) is 0 Å². The first kappa shape index (κ1) is 16.7. The average Bonchev–Trinajstić information content (AvgIpc) is 2.84. The van der Waals surface area contributed by atoms with Gasteiger partial charge in [-0.05, 0) is 44.9 Å². The first-order valence-electron chi connectivity index (χ1n) is 7.86. The van der Waals surface area contributed by atoms with Crippen LogP contribution >= 0.6 is 0 Å². The molecule has 3 unspecified atom stereocenters. The highest BCUT2D eigenvalue weighted by atomic mass is 32.2. The second kappa shape index (κ2) is 7.07. The molecule has 1 N–H and O–H groups in total. The van der Waals surface area contributed by atoms with E-state index < -0.39 is 10.2 Å². The van der Waals surface area contributed by atoms with Crippen LogP contribution in [0.5, 0.6) is 0 Å². The van der Waals surface area contributed by atoms with Gasteiger partial charge in [0.1, 0.15) is 0 Å². The standard InChI is InChI=1S/C14H26N2O4S/c1-3-20-14(17)12-5-4-8-16(10-12)21(18,19)15-13-7-6-11(2)9-13/h11-13,15H,3-10H2,1-2H3. The molecule has 0 aromatic rings. The van der Waals surface area contributed by atoms with Gasteiger partial charge in [0.25, 0.3) is 10.2 Å². The minimum absolute atomic E-state index is 0.0352. The monoisotopic (exact) mass is 318 g/mol. The zero-order valence-electron chi connectivity index (χ0n) is 12.9. The molecule has 7 heteroatoms. The number of rotatable bonds is 5. The van der Waals surface area contributed by atoms with Gasteiger partial charge in [0.15, 0.2) is 0 Å². The Bertz CT molecular complexity index is 466. The topological polar surface area (TPSA) is 75.7 Å². The van der Waals surface area contributed by atoms with Crippen LogP contribution in [0.3, 0.4) is 0 Å². The highest BCUT2D eigenvalue weighted by molar-refractivity contribution is 7.87. The molecule has 0 amide bonds. The smallest absolute Gasteiger partial charge is 0.310 e. The summed E-state index contributed by atoms with van der Waals surface area (Å²) in [5.41, 5.74) is 0. The van der Waals surface area contributed by atoms with E-state index in [-0.39, 0.29) is 24.5 Å². The van der Waals surface area contributed by atoms with E-state index in [1.54, 1.807) is 6.92 Å². The van der Waals surface area contributed by atoms with Crippen molar-refractivity contribution in [1.82, 2.24) is 9.03 Å². The molecule has 6 nitrogen and oxygen atoms in total. The van der Waals surface area contributed by atoms with Crippen LogP contribution < -0.4 is 4.72 Å². The molecular formula is C14H26N2O4S. The molecule has 3 atom stereocenters. The quantitative estimate of drug-likeness (QED) is 0.775. The van der Waals surface area contributed by atoms with E-state index in [1.165, 1.54) is 4.31 Å².